The van der Waals surface area contributed by atoms with Crippen LogP contribution in [0.3, 0.4) is 0 Å². The van der Waals surface area contributed by atoms with Crippen molar-refractivity contribution in [2.24, 2.45) is 0 Å². The van der Waals surface area contributed by atoms with Gasteiger partial charge in [-0.2, -0.15) is 0 Å². The quantitative estimate of drug-likeness (QED) is 0.401. The van der Waals surface area contributed by atoms with E-state index < -0.39 is 18.0 Å². The zero-order valence-electron chi connectivity index (χ0n) is 15.4. The van der Waals surface area contributed by atoms with E-state index in [0.717, 1.165) is 23.7 Å². The maximum absolute atomic E-state index is 9.80. The van der Waals surface area contributed by atoms with Gasteiger partial charge in [0.2, 0.25) is 0 Å². The van der Waals surface area contributed by atoms with Gasteiger partial charge in [0.15, 0.2) is 0 Å². The van der Waals surface area contributed by atoms with Crippen LogP contribution in [-0.2, 0) is 9.59 Å². The number of quaternary nitrogens is 1. The molecule has 1 aliphatic rings. The van der Waals surface area contributed by atoms with Gasteiger partial charge in [0.25, 0.3) is 0 Å². The van der Waals surface area contributed by atoms with Gasteiger partial charge in [-0.25, -0.2) is 4.79 Å². The average molecular weight is 382 g/mol. The number of anilines is 1. The Morgan fingerprint density at radius 3 is 2.74 bits per heavy atom. The van der Waals surface area contributed by atoms with Crippen LogP contribution in [-0.4, -0.2) is 60.6 Å². The number of aliphatic hydroxyl groups is 1. The third-order valence-electron chi connectivity index (χ3n) is 3.31. The summed E-state index contributed by atoms with van der Waals surface area (Å²) in [4.78, 5) is 19.0. The Morgan fingerprint density at radius 1 is 1.41 bits per heavy atom. The van der Waals surface area contributed by atoms with E-state index in [2.05, 4.69) is 24.5 Å². The molecule has 0 saturated carbocycles. The first-order chi connectivity index (χ1) is 12.8. The van der Waals surface area contributed by atoms with Gasteiger partial charge in [-0.3, -0.25) is 0 Å². The highest BCUT2D eigenvalue weighted by Crippen LogP contribution is 2.31. The number of carbonyl (C=O) groups excluding carboxylic acids is 1. The number of carbonyl (C=O) groups is 2. The average Bonchev–Trinajstić information content (AvgIpc) is 2.63. The fraction of sp³-hybridized carbons (Fsp3) is 0.444. The molecule has 0 amide bonds. The second-order valence-corrected chi connectivity index (χ2v) is 6.10. The summed E-state index contributed by atoms with van der Waals surface area (Å²) < 4.78 is 11.1. The van der Waals surface area contributed by atoms with Gasteiger partial charge in [0.1, 0.15) is 37.4 Å². The molecule has 1 aromatic rings. The van der Waals surface area contributed by atoms with Crippen molar-refractivity contribution in [1.29, 1.82) is 0 Å². The van der Waals surface area contributed by atoms with Crippen molar-refractivity contribution >= 4 is 17.6 Å². The molecule has 9 nitrogen and oxygen atoms in total. The van der Waals surface area contributed by atoms with Crippen LogP contribution in [0.25, 0.3) is 0 Å². The van der Waals surface area contributed by atoms with Crippen LogP contribution in [0.1, 0.15) is 13.8 Å². The fourth-order valence-electron chi connectivity index (χ4n) is 2.03. The van der Waals surface area contributed by atoms with E-state index in [0.29, 0.717) is 38.0 Å². The van der Waals surface area contributed by atoms with E-state index in [9.17, 15) is 19.8 Å². The van der Waals surface area contributed by atoms with Crippen molar-refractivity contribution in [3.63, 3.8) is 0 Å². The molecule has 0 aromatic heterocycles. The van der Waals surface area contributed by atoms with Gasteiger partial charge in [0, 0.05) is 18.7 Å². The minimum Gasteiger partial charge on any atom is -0.545 e. The van der Waals surface area contributed by atoms with Crippen LogP contribution in [0.2, 0.25) is 0 Å². The predicted octanol–water partition coefficient (Wildman–Crippen LogP) is -1.42. The molecule has 0 bridgehead atoms. The van der Waals surface area contributed by atoms with Gasteiger partial charge < -0.3 is 40.2 Å². The molecule has 150 valence electrons. The predicted molar refractivity (Wildman–Crippen MR) is 95.6 cm³/mol. The molecular formula is C18H26N2O7. The molecule has 5 N–H and O–H groups in total. The number of hydrogen-bond acceptors (Lipinski definition) is 7. The van der Waals surface area contributed by atoms with Crippen LogP contribution in [0.4, 0.5) is 5.69 Å². The smallest absolute Gasteiger partial charge is 0.328 e. The van der Waals surface area contributed by atoms with E-state index in [4.69, 9.17) is 14.6 Å². The van der Waals surface area contributed by atoms with Gasteiger partial charge in [-0.1, -0.05) is 0 Å². The summed E-state index contributed by atoms with van der Waals surface area (Å²) in [7, 11) is 0. The number of ether oxygens (including phenoxy) is 2. The Balaban J connectivity index is 0.000000387. The van der Waals surface area contributed by atoms with E-state index in [-0.39, 0.29) is 0 Å². The molecule has 9 heteroatoms. The monoisotopic (exact) mass is 382 g/mol. The Hall–Kier alpha value is -2.78. The fourth-order valence-corrected chi connectivity index (χ4v) is 2.03. The maximum atomic E-state index is 9.80. The minimum absolute atomic E-state index is 0.301. The molecule has 1 atom stereocenters. The SMILES string of the molecule is CC(C)[NH2+]CC(O)COc1ccc2c(c1)OCCN2.O=C([O-])/C=C/C(=O)O. The van der Waals surface area contributed by atoms with Crippen molar-refractivity contribution in [2.75, 3.05) is 31.6 Å². The van der Waals surface area contributed by atoms with Gasteiger partial charge in [0.05, 0.1) is 17.7 Å². The van der Waals surface area contributed by atoms with Crippen LogP contribution in [0.15, 0.2) is 30.4 Å². The number of carboxylic acid groups (broad SMARTS) is 2. The highest BCUT2D eigenvalue weighted by molar-refractivity contribution is 5.88. The summed E-state index contributed by atoms with van der Waals surface area (Å²) >= 11 is 0. The topological polar surface area (TPSA) is 145 Å². The summed E-state index contributed by atoms with van der Waals surface area (Å²) in [5.41, 5.74) is 0.993. The molecule has 1 unspecified atom stereocenters. The normalized spacial score (nSPS) is 13.6. The number of nitrogens with two attached hydrogens (primary N) is 1. The lowest BCUT2D eigenvalue weighted by Gasteiger charge is -2.20. The number of benzene rings is 1. The summed E-state index contributed by atoms with van der Waals surface area (Å²) in [6, 6.07) is 6.17. The third kappa shape index (κ3) is 10.1. The first-order valence-corrected chi connectivity index (χ1v) is 8.54. The molecular weight excluding hydrogens is 356 g/mol. The van der Waals surface area contributed by atoms with Crippen molar-refractivity contribution in [3.8, 4) is 11.5 Å². The Bertz CT molecular complexity index is 631. The number of hydrogen-bond donors (Lipinski definition) is 4. The van der Waals surface area contributed by atoms with Crippen molar-refractivity contribution in [2.45, 2.75) is 26.0 Å². The van der Waals surface area contributed by atoms with Crippen molar-refractivity contribution < 1.29 is 39.7 Å². The number of fused-ring (bicyclic) bond motifs is 1. The Labute approximate surface area is 157 Å². The summed E-state index contributed by atoms with van der Waals surface area (Å²) in [6.07, 6.45) is 0.481. The lowest BCUT2D eigenvalue weighted by Crippen LogP contribution is -2.90. The zero-order chi connectivity index (χ0) is 20.2. The number of aliphatic carboxylic acids is 2. The molecule has 1 aliphatic heterocycles. The van der Waals surface area contributed by atoms with Crippen LogP contribution >= 0.6 is 0 Å². The molecule has 0 spiro atoms. The van der Waals surface area contributed by atoms with E-state index in [1.165, 1.54) is 0 Å². The van der Waals surface area contributed by atoms with Gasteiger partial charge >= 0.3 is 5.97 Å². The van der Waals surface area contributed by atoms with Crippen LogP contribution in [0, 0.1) is 0 Å². The van der Waals surface area contributed by atoms with Gasteiger partial charge in [-0.15, -0.1) is 0 Å². The van der Waals surface area contributed by atoms with E-state index >= 15 is 0 Å². The number of rotatable bonds is 8. The third-order valence-corrected chi connectivity index (χ3v) is 3.31. The zero-order valence-corrected chi connectivity index (χ0v) is 15.4. The standard InChI is InChI=1S/C14H22N2O3.C4H4O4/c1-10(2)16-8-11(17)9-19-12-3-4-13-14(7-12)18-6-5-15-13;5-3(6)1-2-4(7)8/h3-4,7,10-11,15-17H,5-6,8-9H2,1-2H3;1-2H,(H,5,6)(H,7,8)/b;2-1+. The van der Waals surface area contributed by atoms with E-state index in [1.54, 1.807) is 0 Å². The molecule has 0 radical (unpaired) electrons. The highest BCUT2D eigenvalue weighted by Gasteiger charge is 2.12. The molecule has 2 rings (SSSR count). The summed E-state index contributed by atoms with van der Waals surface area (Å²) in [5, 5.41) is 32.4. The Morgan fingerprint density at radius 2 is 2.15 bits per heavy atom. The molecule has 1 aromatic carbocycles. The Kier molecular flexibility index (Phi) is 9.70. The number of aliphatic hydroxyl groups excluding tert-OH is 1. The second-order valence-electron chi connectivity index (χ2n) is 6.10. The number of nitrogens with one attached hydrogen (secondary N) is 1. The van der Waals surface area contributed by atoms with Crippen LogP contribution in [0.5, 0.6) is 11.5 Å². The lowest BCUT2D eigenvalue weighted by molar-refractivity contribution is -0.688. The highest BCUT2D eigenvalue weighted by atomic mass is 16.5. The van der Waals surface area contributed by atoms with Crippen LogP contribution < -0.4 is 25.2 Å². The van der Waals surface area contributed by atoms with Gasteiger partial charge in [-0.05, 0) is 32.1 Å². The molecule has 0 fully saturated rings. The van der Waals surface area contributed by atoms with Crippen molar-refractivity contribution in [1.82, 2.24) is 0 Å². The summed E-state index contributed by atoms with van der Waals surface area (Å²) in [6.45, 7) is 6.65. The number of carboxylic acids is 2. The molecule has 0 aliphatic carbocycles. The largest absolute Gasteiger partial charge is 0.545 e. The first-order valence-electron chi connectivity index (χ1n) is 8.54. The van der Waals surface area contributed by atoms with E-state index in [1.807, 2.05) is 18.2 Å². The minimum atomic E-state index is -1.51. The van der Waals surface area contributed by atoms with Crippen molar-refractivity contribution in [3.05, 3.63) is 30.4 Å². The molecule has 0 saturated heterocycles. The molecule has 27 heavy (non-hydrogen) atoms. The summed E-state index contributed by atoms with van der Waals surface area (Å²) in [5.74, 6) is -1.26. The second kappa shape index (κ2) is 11.8. The molecule has 1 heterocycles. The lowest BCUT2D eigenvalue weighted by atomic mass is 10.2. The first kappa shape index (κ1) is 22.3. The maximum Gasteiger partial charge on any atom is 0.328 e.